The number of hydrogen-bond donors (Lipinski definition) is 4. The number of carbonyl (C=O) groups excluding carboxylic acids is 3. The molecule has 25 heavy (non-hydrogen) atoms. The molecule has 0 aliphatic carbocycles. The van der Waals surface area contributed by atoms with Gasteiger partial charge in [0.25, 0.3) is 5.91 Å². The molecule has 11 heteroatoms. The molecule has 0 spiro atoms. The van der Waals surface area contributed by atoms with Gasteiger partial charge in [-0.05, 0) is 20.8 Å². The molecule has 1 aromatic rings. The van der Waals surface area contributed by atoms with E-state index >= 15 is 0 Å². The van der Waals surface area contributed by atoms with E-state index in [9.17, 15) is 14.4 Å². The molecule has 0 bridgehead atoms. The van der Waals surface area contributed by atoms with Gasteiger partial charge in [0, 0.05) is 11.9 Å². The summed E-state index contributed by atoms with van der Waals surface area (Å²) >= 11 is 1.04. The lowest BCUT2D eigenvalue weighted by molar-refractivity contribution is 0.0471. The molecular formula is C14H22N4O6S. The Morgan fingerprint density at radius 1 is 1.40 bits per heavy atom. The number of amides is 3. The molecule has 3 amide bonds. The van der Waals surface area contributed by atoms with Crippen molar-refractivity contribution in [1.29, 1.82) is 0 Å². The van der Waals surface area contributed by atoms with Crippen molar-refractivity contribution in [3.8, 4) is 0 Å². The maximum absolute atomic E-state index is 11.9. The van der Waals surface area contributed by atoms with Gasteiger partial charge in [-0.25, -0.2) is 14.6 Å². The van der Waals surface area contributed by atoms with Gasteiger partial charge in [-0.2, -0.15) is 0 Å². The van der Waals surface area contributed by atoms with Crippen molar-refractivity contribution in [2.75, 3.05) is 19.8 Å². The molecular weight excluding hydrogens is 352 g/mol. The predicted molar refractivity (Wildman–Crippen MR) is 89.2 cm³/mol. The van der Waals surface area contributed by atoms with Crippen LogP contribution in [0.25, 0.3) is 0 Å². The van der Waals surface area contributed by atoms with Gasteiger partial charge < -0.3 is 30.9 Å². The Bertz CT molecular complexity index is 613. The van der Waals surface area contributed by atoms with Crippen molar-refractivity contribution < 1.29 is 29.0 Å². The summed E-state index contributed by atoms with van der Waals surface area (Å²) in [6.45, 7) is 4.74. The molecule has 1 rings (SSSR count). The van der Waals surface area contributed by atoms with Crippen LogP contribution in [0.1, 0.15) is 42.3 Å². The van der Waals surface area contributed by atoms with E-state index in [-0.39, 0.29) is 24.8 Å². The van der Waals surface area contributed by atoms with Crippen molar-refractivity contribution in [3.05, 3.63) is 16.1 Å². The van der Waals surface area contributed by atoms with Crippen molar-refractivity contribution in [2.45, 2.75) is 32.4 Å². The lowest BCUT2D eigenvalue weighted by atomic mass is 10.2. The Kier molecular flexibility index (Phi) is 7.58. The molecule has 1 atom stereocenters. The van der Waals surface area contributed by atoms with Crippen molar-refractivity contribution in [2.24, 2.45) is 5.73 Å². The van der Waals surface area contributed by atoms with E-state index < -0.39 is 29.7 Å². The molecule has 0 saturated carbocycles. The summed E-state index contributed by atoms with van der Waals surface area (Å²) in [6, 6.07) is -0.835. The van der Waals surface area contributed by atoms with Crippen LogP contribution in [0.3, 0.4) is 0 Å². The number of nitrogens with zero attached hydrogens (tertiary/aromatic N) is 1. The SMILES string of the molecule is CC(C)(C)OC(=O)NC(COC(N)=O)c1csc(C(=O)NCCO)n1. The third-order valence-corrected chi connectivity index (χ3v) is 3.41. The standard InChI is InChI=1S/C14H22N4O6S/c1-14(2,3)24-13(22)18-8(6-23-12(15)21)9-7-25-11(17-9)10(20)16-4-5-19/h7-8,19H,4-6H2,1-3H3,(H2,15,21)(H,16,20)(H,18,22). The van der Waals surface area contributed by atoms with E-state index in [1.54, 1.807) is 26.2 Å². The Hall–Kier alpha value is -2.40. The van der Waals surface area contributed by atoms with Crippen molar-refractivity contribution in [3.63, 3.8) is 0 Å². The number of nitrogens with one attached hydrogen (secondary N) is 2. The summed E-state index contributed by atoms with van der Waals surface area (Å²) in [6.07, 6.45) is -1.74. The van der Waals surface area contributed by atoms with Crippen LogP contribution in [0.4, 0.5) is 9.59 Å². The van der Waals surface area contributed by atoms with Gasteiger partial charge in [0.05, 0.1) is 12.3 Å². The fourth-order valence-corrected chi connectivity index (χ4v) is 2.40. The zero-order valence-corrected chi connectivity index (χ0v) is 15.0. The first-order valence-corrected chi connectivity index (χ1v) is 8.26. The summed E-state index contributed by atoms with van der Waals surface area (Å²) in [5.74, 6) is -0.461. The van der Waals surface area contributed by atoms with Crippen molar-refractivity contribution in [1.82, 2.24) is 15.6 Å². The molecule has 0 aliphatic rings. The van der Waals surface area contributed by atoms with Gasteiger partial charge in [-0.15, -0.1) is 11.3 Å². The highest BCUT2D eigenvalue weighted by Gasteiger charge is 2.24. The van der Waals surface area contributed by atoms with Gasteiger partial charge in [0.2, 0.25) is 0 Å². The van der Waals surface area contributed by atoms with Crippen LogP contribution in [-0.4, -0.2) is 53.5 Å². The van der Waals surface area contributed by atoms with E-state index in [2.05, 4.69) is 15.6 Å². The number of thiazole rings is 1. The molecule has 5 N–H and O–H groups in total. The Labute approximate surface area is 148 Å². The molecule has 0 aliphatic heterocycles. The van der Waals surface area contributed by atoms with Crippen LogP contribution in [0, 0.1) is 0 Å². The van der Waals surface area contributed by atoms with E-state index in [4.69, 9.17) is 20.3 Å². The smallest absolute Gasteiger partial charge is 0.408 e. The number of aliphatic hydroxyl groups is 1. The van der Waals surface area contributed by atoms with Crippen LogP contribution in [0.2, 0.25) is 0 Å². The first-order valence-electron chi connectivity index (χ1n) is 7.38. The first kappa shape index (κ1) is 20.6. The lowest BCUT2D eigenvalue weighted by Gasteiger charge is -2.22. The monoisotopic (exact) mass is 374 g/mol. The Morgan fingerprint density at radius 3 is 2.64 bits per heavy atom. The topological polar surface area (TPSA) is 153 Å². The van der Waals surface area contributed by atoms with Crippen LogP contribution in [0.5, 0.6) is 0 Å². The van der Waals surface area contributed by atoms with Gasteiger partial charge in [0.1, 0.15) is 18.2 Å². The highest BCUT2D eigenvalue weighted by Crippen LogP contribution is 2.18. The number of carbonyl (C=O) groups is 3. The summed E-state index contributed by atoms with van der Waals surface area (Å²) in [5.41, 5.74) is 4.55. The summed E-state index contributed by atoms with van der Waals surface area (Å²) in [5, 5.41) is 15.4. The minimum Gasteiger partial charge on any atom is -0.447 e. The first-order chi connectivity index (χ1) is 11.6. The summed E-state index contributed by atoms with van der Waals surface area (Å²) in [4.78, 5) is 38.7. The third-order valence-electron chi connectivity index (χ3n) is 2.55. The number of aromatic nitrogens is 1. The van der Waals surface area contributed by atoms with Crippen LogP contribution in [-0.2, 0) is 9.47 Å². The third kappa shape index (κ3) is 7.81. The number of primary amides is 1. The van der Waals surface area contributed by atoms with Crippen LogP contribution in [0.15, 0.2) is 5.38 Å². The maximum Gasteiger partial charge on any atom is 0.408 e. The highest BCUT2D eigenvalue weighted by molar-refractivity contribution is 7.11. The molecule has 0 radical (unpaired) electrons. The Balaban J connectivity index is 2.85. The maximum atomic E-state index is 11.9. The van der Waals surface area contributed by atoms with E-state index in [0.29, 0.717) is 5.69 Å². The number of alkyl carbamates (subject to hydrolysis) is 1. The Morgan fingerprint density at radius 2 is 2.08 bits per heavy atom. The van der Waals surface area contributed by atoms with Crippen LogP contribution < -0.4 is 16.4 Å². The minimum atomic E-state index is -1.01. The molecule has 0 aromatic carbocycles. The number of rotatable bonds is 7. The second-order valence-corrected chi connectivity index (χ2v) is 6.74. The lowest BCUT2D eigenvalue weighted by Crippen LogP contribution is -2.37. The average molecular weight is 374 g/mol. The predicted octanol–water partition coefficient (Wildman–Crippen LogP) is 0.526. The van der Waals surface area contributed by atoms with Crippen molar-refractivity contribution >= 4 is 29.4 Å². The largest absolute Gasteiger partial charge is 0.447 e. The van der Waals surface area contributed by atoms with Gasteiger partial charge in [-0.1, -0.05) is 0 Å². The molecule has 0 fully saturated rings. The number of hydrogen-bond acceptors (Lipinski definition) is 8. The molecule has 140 valence electrons. The number of ether oxygens (including phenoxy) is 2. The zero-order valence-electron chi connectivity index (χ0n) is 14.2. The number of aliphatic hydroxyl groups excluding tert-OH is 1. The quantitative estimate of drug-likeness (QED) is 0.543. The fourth-order valence-electron chi connectivity index (χ4n) is 1.61. The second-order valence-electron chi connectivity index (χ2n) is 5.89. The summed E-state index contributed by atoms with van der Waals surface area (Å²) in [7, 11) is 0. The molecule has 10 nitrogen and oxygen atoms in total. The van der Waals surface area contributed by atoms with Gasteiger partial charge in [0.15, 0.2) is 5.01 Å². The van der Waals surface area contributed by atoms with E-state index in [1.807, 2.05) is 0 Å². The molecule has 0 saturated heterocycles. The van der Waals surface area contributed by atoms with E-state index in [1.165, 1.54) is 0 Å². The minimum absolute atomic E-state index is 0.0954. The number of nitrogens with two attached hydrogens (primary N) is 1. The zero-order chi connectivity index (χ0) is 19.0. The van der Waals surface area contributed by atoms with Gasteiger partial charge in [-0.3, -0.25) is 4.79 Å². The molecule has 1 heterocycles. The highest BCUT2D eigenvalue weighted by atomic mass is 32.1. The van der Waals surface area contributed by atoms with Crippen LogP contribution >= 0.6 is 11.3 Å². The molecule has 1 aromatic heterocycles. The van der Waals surface area contributed by atoms with Gasteiger partial charge >= 0.3 is 12.2 Å². The summed E-state index contributed by atoms with van der Waals surface area (Å²) < 4.78 is 9.87. The van der Waals surface area contributed by atoms with E-state index in [0.717, 1.165) is 11.3 Å². The second kappa shape index (κ2) is 9.18. The fraction of sp³-hybridized carbons (Fsp3) is 0.571. The molecule has 1 unspecified atom stereocenters. The normalized spacial score (nSPS) is 12.2. The average Bonchev–Trinajstić information content (AvgIpc) is 2.96.